The van der Waals surface area contributed by atoms with Crippen LogP contribution in [0.1, 0.15) is 30.8 Å². The van der Waals surface area contributed by atoms with Crippen LogP contribution in [0.4, 0.5) is 4.39 Å². The Labute approximate surface area is 106 Å². The summed E-state index contributed by atoms with van der Waals surface area (Å²) in [5.41, 5.74) is 7.84. The van der Waals surface area contributed by atoms with Crippen molar-refractivity contribution in [2.45, 2.75) is 33.2 Å². The molecule has 4 nitrogen and oxygen atoms in total. The summed E-state index contributed by atoms with van der Waals surface area (Å²) in [6.45, 7) is 4.19. The van der Waals surface area contributed by atoms with Crippen LogP contribution in [0.2, 0.25) is 0 Å². The van der Waals surface area contributed by atoms with Gasteiger partial charge < -0.3 is 5.73 Å². The first-order valence-electron chi connectivity index (χ1n) is 6.12. The van der Waals surface area contributed by atoms with E-state index >= 15 is 0 Å². The Morgan fingerprint density at radius 3 is 2.72 bits per heavy atom. The summed E-state index contributed by atoms with van der Waals surface area (Å²) in [6.07, 6.45) is 3.16. The SMILES string of the molecule is CCc1cc(CC)n(-c2nccc(CN)c2F)n1. The average molecular weight is 248 g/mol. The normalized spacial score (nSPS) is 10.9. The Balaban J connectivity index is 2.57. The van der Waals surface area contributed by atoms with E-state index in [2.05, 4.69) is 10.1 Å². The molecule has 2 aromatic heterocycles. The number of hydrogen-bond donors (Lipinski definition) is 1. The fourth-order valence-corrected chi connectivity index (χ4v) is 1.86. The minimum Gasteiger partial charge on any atom is -0.326 e. The zero-order chi connectivity index (χ0) is 13.1. The molecule has 2 heterocycles. The third kappa shape index (κ3) is 2.13. The second-order valence-corrected chi connectivity index (χ2v) is 4.06. The summed E-state index contributed by atoms with van der Waals surface area (Å²) in [5.74, 6) is -0.157. The molecule has 0 aliphatic rings. The second-order valence-electron chi connectivity index (χ2n) is 4.06. The third-order valence-electron chi connectivity index (χ3n) is 2.93. The maximum Gasteiger partial charge on any atom is 0.190 e. The fraction of sp³-hybridized carbons (Fsp3) is 0.385. The van der Waals surface area contributed by atoms with Gasteiger partial charge in [0.1, 0.15) is 0 Å². The molecule has 0 atom stereocenters. The van der Waals surface area contributed by atoms with E-state index in [0.717, 1.165) is 24.2 Å². The van der Waals surface area contributed by atoms with Crippen LogP contribution in [0.25, 0.3) is 5.82 Å². The molecule has 0 unspecified atom stereocenters. The van der Waals surface area contributed by atoms with E-state index in [9.17, 15) is 4.39 Å². The molecule has 0 aliphatic carbocycles. The van der Waals surface area contributed by atoms with Gasteiger partial charge in [-0.05, 0) is 25.0 Å². The van der Waals surface area contributed by atoms with E-state index in [4.69, 9.17) is 5.73 Å². The maximum absolute atomic E-state index is 14.2. The molecule has 0 saturated carbocycles. The molecule has 2 N–H and O–H groups in total. The summed E-state index contributed by atoms with van der Waals surface area (Å²) in [5, 5.41) is 4.38. The first-order chi connectivity index (χ1) is 8.71. The van der Waals surface area contributed by atoms with Crippen molar-refractivity contribution in [2.24, 2.45) is 5.73 Å². The van der Waals surface area contributed by atoms with Crippen molar-refractivity contribution in [2.75, 3.05) is 0 Å². The van der Waals surface area contributed by atoms with Gasteiger partial charge in [0.15, 0.2) is 11.6 Å². The summed E-state index contributed by atoms with van der Waals surface area (Å²) < 4.78 is 15.8. The molecule has 2 aromatic rings. The average Bonchev–Trinajstić information content (AvgIpc) is 2.82. The molecule has 0 aliphatic heterocycles. The lowest BCUT2D eigenvalue weighted by Gasteiger charge is -2.08. The topological polar surface area (TPSA) is 56.7 Å². The number of rotatable bonds is 4. The summed E-state index contributed by atoms with van der Waals surface area (Å²) in [4.78, 5) is 4.08. The number of nitrogens with zero attached hydrogens (tertiary/aromatic N) is 3. The Bertz CT molecular complexity index is 548. The van der Waals surface area contributed by atoms with Gasteiger partial charge in [-0.1, -0.05) is 13.8 Å². The van der Waals surface area contributed by atoms with Crippen LogP contribution in [0, 0.1) is 5.82 Å². The second kappa shape index (κ2) is 5.27. The van der Waals surface area contributed by atoms with E-state index < -0.39 is 0 Å². The van der Waals surface area contributed by atoms with Gasteiger partial charge >= 0.3 is 0 Å². The Morgan fingerprint density at radius 2 is 2.11 bits per heavy atom. The molecule has 18 heavy (non-hydrogen) atoms. The molecule has 0 bridgehead atoms. The molecule has 0 amide bonds. The molecule has 5 heteroatoms. The molecule has 0 spiro atoms. The number of halogens is 1. The quantitative estimate of drug-likeness (QED) is 0.900. The van der Waals surface area contributed by atoms with Crippen LogP contribution >= 0.6 is 0 Å². The highest BCUT2D eigenvalue weighted by molar-refractivity contribution is 5.32. The van der Waals surface area contributed by atoms with Crippen LogP contribution in [0.15, 0.2) is 18.3 Å². The number of aromatic nitrogens is 3. The highest BCUT2D eigenvalue weighted by Crippen LogP contribution is 2.17. The number of nitrogens with two attached hydrogens (primary N) is 1. The highest BCUT2D eigenvalue weighted by Gasteiger charge is 2.14. The van der Waals surface area contributed by atoms with Crippen molar-refractivity contribution in [3.63, 3.8) is 0 Å². The van der Waals surface area contributed by atoms with Gasteiger partial charge in [-0.3, -0.25) is 0 Å². The largest absolute Gasteiger partial charge is 0.326 e. The lowest BCUT2D eigenvalue weighted by molar-refractivity contribution is 0.580. The molecule has 0 fully saturated rings. The zero-order valence-corrected chi connectivity index (χ0v) is 10.7. The standard InChI is InChI=1S/C13H17FN4/c1-3-10-7-11(4-2)18(17-10)13-12(14)9(8-15)5-6-16-13/h5-7H,3-4,8,15H2,1-2H3. The molecular formula is C13H17FN4. The van der Waals surface area contributed by atoms with E-state index in [0.29, 0.717) is 5.56 Å². The third-order valence-corrected chi connectivity index (χ3v) is 2.93. The number of hydrogen-bond acceptors (Lipinski definition) is 3. The van der Waals surface area contributed by atoms with Gasteiger partial charge in [-0.25, -0.2) is 14.1 Å². The van der Waals surface area contributed by atoms with Crippen LogP contribution in [0.5, 0.6) is 0 Å². The van der Waals surface area contributed by atoms with Crippen LogP contribution < -0.4 is 5.73 Å². The van der Waals surface area contributed by atoms with Gasteiger partial charge in [0.2, 0.25) is 0 Å². The summed E-state index contributed by atoms with van der Waals surface area (Å²) >= 11 is 0. The van der Waals surface area contributed by atoms with Crippen LogP contribution in [-0.4, -0.2) is 14.8 Å². The Morgan fingerprint density at radius 1 is 1.33 bits per heavy atom. The van der Waals surface area contributed by atoms with E-state index in [-0.39, 0.29) is 18.2 Å². The van der Waals surface area contributed by atoms with Crippen LogP contribution in [0.3, 0.4) is 0 Å². The minimum atomic E-state index is -0.388. The predicted octanol–water partition coefficient (Wildman–Crippen LogP) is 1.99. The molecular weight excluding hydrogens is 231 g/mol. The highest BCUT2D eigenvalue weighted by atomic mass is 19.1. The van der Waals surface area contributed by atoms with E-state index in [1.165, 1.54) is 0 Å². The zero-order valence-electron chi connectivity index (χ0n) is 10.7. The van der Waals surface area contributed by atoms with Crippen LogP contribution in [-0.2, 0) is 19.4 Å². The molecule has 2 rings (SSSR count). The maximum atomic E-state index is 14.2. The first-order valence-corrected chi connectivity index (χ1v) is 6.12. The lowest BCUT2D eigenvalue weighted by Crippen LogP contribution is -2.10. The molecule has 0 saturated heterocycles. The van der Waals surface area contributed by atoms with Crippen molar-refractivity contribution in [3.05, 3.63) is 41.1 Å². The summed E-state index contributed by atoms with van der Waals surface area (Å²) in [6, 6.07) is 3.57. The van der Waals surface area contributed by atoms with Gasteiger partial charge in [0, 0.05) is 24.0 Å². The monoisotopic (exact) mass is 248 g/mol. The van der Waals surface area contributed by atoms with Crippen molar-refractivity contribution >= 4 is 0 Å². The van der Waals surface area contributed by atoms with Crippen molar-refractivity contribution in [1.29, 1.82) is 0 Å². The molecule has 0 aromatic carbocycles. The first kappa shape index (κ1) is 12.7. The smallest absolute Gasteiger partial charge is 0.190 e. The van der Waals surface area contributed by atoms with E-state index in [1.54, 1.807) is 16.9 Å². The predicted molar refractivity (Wildman–Crippen MR) is 68.0 cm³/mol. The minimum absolute atomic E-state index is 0.157. The Kier molecular flexibility index (Phi) is 3.72. The van der Waals surface area contributed by atoms with Gasteiger partial charge in [-0.2, -0.15) is 5.10 Å². The van der Waals surface area contributed by atoms with Gasteiger partial charge in [-0.15, -0.1) is 0 Å². The Hall–Kier alpha value is -1.75. The van der Waals surface area contributed by atoms with E-state index in [1.807, 2.05) is 19.9 Å². The molecule has 0 radical (unpaired) electrons. The lowest BCUT2D eigenvalue weighted by atomic mass is 10.2. The molecule has 96 valence electrons. The van der Waals surface area contributed by atoms with Crippen molar-refractivity contribution < 1.29 is 4.39 Å². The van der Waals surface area contributed by atoms with Gasteiger partial charge in [0.05, 0.1) is 5.69 Å². The number of pyridine rings is 1. The van der Waals surface area contributed by atoms with Gasteiger partial charge in [0.25, 0.3) is 0 Å². The fourth-order valence-electron chi connectivity index (χ4n) is 1.86. The number of aryl methyl sites for hydroxylation is 2. The van der Waals surface area contributed by atoms with Crippen molar-refractivity contribution in [1.82, 2.24) is 14.8 Å². The van der Waals surface area contributed by atoms with Crippen molar-refractivity contribution in [3.8, 4) is 5.82 Å². The summed E-state index contributed by atoms with van der Waals surface area (Å²) in [7, 11) is 0.